The molecule has 0 saturated heterocycles. The lowest BCUT2D eigenvalue weighted by Gasteiger charge is -2.02. The predicted molar refractivity (Wildman–Crippen MR) is 41.3 cm³/mol. The van der Waals surface area contributed by atoms with E-state index in [1.165, 1.54) is 11.1 Å². The highest BCUT2D eigenvalue weighted by molar-refractivity contribution is 5.33. The molecule has 0 nitrogen and oxygen atoms in total. The van der Waals surface area contributed by atoms with Gasteiger partial charge in [0.15, 0.2) is 0 Å². The fraction of sp³-hybridized carbons (Fsp3) is 0.333. The molecule has 0 N–H and O–H groups in total. The highest BCUT2D eigenvalue weighted by atomic mass is 14.0. The van der Waals surface area contributed by atoms with Crippen molar-refractivity contribution >= 4 is 0 Å². The number of rotatable bonds is 0. The minimum Gasteiger partial charge on any atom is -0.0841 e. The van der Waals surface area contributed by atoms with Crippen molar-refractivity contribution in [1.29, 1.82) is 0 Å². The molecule has 1 aliphatic rings. The quantitative estimate of drug-likeness (QED) is 0.461. The molecule has 0 aromatic rings. The van der Waals surface area contributed by atoms with E-state index in [4.69, 9.17) is 0 Å². The molecule has 0 heteroatoms. The Morgan fingerprint density at radius 3 is 2.67 bits per heavy atom. The van der Waals surface area contributed by atoms with Gasteiger partial charge < -0.3 is 0 Å². The molecule has 1 rings (SSSR count). The lowest BCUT2D eigenvalue weighted by molar-refractivity contribution is 1.21. The Labute approximate surface area is 56.6 Å². The second kappa shape index (κ2) is 2.67. The number of allylic oxidation sites excluding steroid dienone is 6. The van der Waals surface area contributed by atoms with E-state index in [2.05, 4.69) is 38.2 Å². The highest BCUT2D eigenvalue weighted by Crippen LogP contribution is 2.13. The first kappa shape index (κ1) is 6.34. The van der Waals surface area contributed by atoms with Crippen molar-refractivity contribution in [1.82, 2.24) is 0 Å². The van der Waals surface area contributed by atoms with Crippen LogP contribution in [0.1, 0.15) is 20.3 Å². The van der Waals surface area contributed by atoms with Gasteiger partial charge in [0, 0.05) is 0 Å². The van der Waals surface area contributed by atoms with E-state index in [1.54, 1.807) is 0 Å². The smallest absolute Gasteiger partial charge is 0.00950 e. The van der Waals surface area contributed by atoms with Crippen LogP contribution in [0.15, 0.2) is 35.5 Å². The molecular formula is C9H12. The summed E-state index contributed by atoms with van der Waals surface area (Å²) in [4.78, 5) is 0. The van der Waals surface area contributed by atoms with E-state index < -0.39 is 0 Å². The molecule has 0 atom stereocenters. The molecule has 0 aromatic heterocycles. The molecule has 9 heavy (non-hydrogen) atoms. The average Bonchev–Trinajstić information content (AvgIpc) is 1.90. The van der Waals surface area contributed by atoms with Crippen molar-refractivity contribution in [3.63, 3.8) is 0 Å². The lowest BCUT2D eigenvalue weighted by atomic mass is 10.0. The van der Waals surface area contributed by atoms with E-state index in [1.807, 2.05) is 0 Å². The van der Waals surface area contributed by atoms with Crippen LogP contribution in [0.4, 0.5) is 0 Å². The minimum atomic E-state index is 1.11. The van der Waals surface area contributed by atoms with E-state index in [-0.39, 0.29) is 0 Å². The Morgan fingerprint density at radius 2 is 2.22 bits per heavy atom. The maximum Gasteiger partial charge on any atom is -0.00950 e. The molecule has 0 unspecified atom stereocenters. The Balaban J connectivity index is 2.70. The van der Waals surface area contributed by atoms with Gasteiger partial charge in [-0.2, -0.15) is 0 Å². The number of hydrogen-bond acceptors (Lipinski definition) is 0. The molecule has 0 saturated carbocycles. The SMILES string of the molecule is C/C=C1\C=CC(C)=CC1. The summed E-state index contributed by atoms with van der Waals surface area (Å²) >= 11 is 0. The van der Waals surface area contributed by atoms with Gasteiger partial charge in [0.2, 0.25) is 0 Å². The molecule has 0 heterocycles. The van der Waals surface area contributed by atoms with Crippen LogP contribution in [-0.2, 0) is 0 Å². The summed E-state index contributed by atoms with van der Waals surface area (Å²) in [6.45, 7) is 4.21. The molecule has 0 radical (unpaired) electrons. The summed E-state index contributed by atoms with van der Waals surface area (Å²) in [6.07, 6.45) is 9.84. The third-order valence-electron chi connectivity index (χ3n) is 1.59. The molecular weight excluding hydrogens is 108 g/mol. The Kier molecular flexibility index (Phi) is 1.88. The second-order valence-corrected chi connectivity index (χ2v) is 2.35. The normalized spacial score (nSPS) is 22.4. The fourth-order valence-electron chi connectivity index (χ4n) is 0.867. The van der Waals surface area contributed by atoms with Crippen LogP contribution in [0.25, 0.3) is 0 Å². The van der Waals surface area contributed by atoms with Crippen LogP contribution in [0.3, 0.4) is 0 Å². The van der Waals surface area contributed by atoms with Gasteiger partial charge in [-0.3, -0.25) is 0 Å². The largest absolute Gasteiger partial charge is 0.0841 e. The molecule has 0 aromatic carbocycles. The summed E-state index contributed by atoms with van der Waals surface area (Å²) in [6, 6.07) is 0. The summed E-state index contributed by atoms with van der Waals surface area (Å²) < 4.78 is 0. The van der Waals surface area contributed by atoms with Gasteiger partial charge in [-0.05, 0) is 25.8 Å². The van der Waals surface area contributed by atoms with Gasteiger partial charge in [0.25, 0.3) is 0 Å². The fourth-order valence-corrected chi connectivity index (χ4v) is 0.867. The Bertz CT molecular complexity index is 180. The van der Waals surface area contributed by atoms with Gasteiger partial charge in [-0.25, -0.2) is 0 Å². The third kappa shape index (κ3) is 1.56. The van der Waals surface area contributed by atoms with Crippen molar-refractivity contribution in [2.75, 3.05) is 0 Å². The zero-order valence-electron chi connectivity index (χ0n) is 6.02. The first-order chi connectivity index (χ1) is 4.33. The van der Waals surface area contributed by atoms with Crippen LogP contribution >= 0.6 is 0 Å². The summed E-state index contributed by atoms with van der Waals surface area (Å²) in [5.74, 6) is 0. The summed E-state index contributed by atoms with van der Waals surface area (Å²) in [7, 11) is 0. The van der Waals surface area contributed by atoms with Gasteiger partial charge in [-0.15, -0.1) is 0 Å². The lowest BCUT2D eigenvalue weighted by Crippen LogP contribution is -1.82. The van der Waals surface area contributed by atoms with Gasteiger partial charge in [0.05, 0.1) is 0 Å². The third-order valence-corrected chi connectivity index (χ3v) is 1.59. The molecule has 0 fully saturated rings. The van der Waals surface area contributed by atoms with E-state index >= 15 is 0 Å². The van der Waals surface area contributed by atoms with Gasteiger partial charge in [-0.1, -0.05) is 29.9 Å². The molecule has 1 aliphatic carbocycles. The summed E-state index contributed by atoms with van der Waals surface area (Å²) in [5.41, 5.74) is 2.79. The predicted octanol–water partition coefficient (Wildman–Crippen LogP) is 2.84. The van der Waals surface area contributed by atoms with Crippen molar-refractivity contribution in [2.45, 2.75) is 20.3 Å². The topological polar surface area (TPSA) is 0 Å². The molecule has 48 valence electrons. The highest BCUT2D eigenvalue weighted by Gasteiger charge is 1.93. The van der Waals surface area contributed by atoms with Crippen molar-refractivity contribution in [2.24, 2.45) is 0 Å². The Hall–Kier alpha value is -0.780. The maximum absolute atomic E-state index is 2.25. The average molecular weight is 120 g/mol. The summed E-state index contributed by atoms with van der Waals surface area (Å²) in [5, 5.41) is 0. The van der Waals surface area contributed by atoms with Crippen LogP contribution in [0.5, 0.6) is 0 Å². The van der Waals surface area contributed by atoms with Crippen LogP contribution in [-0.4, -0.2) is 0 Å². The van der Waals surface area contributed by atoms with Crippen molar-refractivity contribution in [3.8, 4) is 0 Å². The minimum absolute atomic E-state index is 1.11. The molecule has 0 bridgehead atoms. The number of hydrogen-bond donors (Lipinski definition) is 0. The van der Waals surface area contributed by atoms with Crippen molar-refractivity contribution in [3.05, 3.63) is 35.5 Å². The van der Waals surface area contributed by atoms with Gasteiger partial charge >= 0.3 is 0 Å². The zero-order chi connectivity index (χ0) is 6.69. The molecule has 0 spiro atoms. The first-order valence-corrected chi connectivity index (χ1v) is 3.33. The van der Waals surface area contributed by atoms with Crippen LogP contribution in [0, 0.1) is 0 Å². The molecule has 0 amide bonds. The van der Waals surface area contributed by atoms with E-state index in [0.29, 0.717) is 0 Å². The maximum atomic E-state index is 2.25. The van der Waals surface area contributed by atoms with E-state index in [9.17, 15) is 0 Å². The van der Waals surface area contributed by atoms with Crippen molar-refractivity contribution < 1.29 is 0 Å². The van der Waals surface area contributed by atoms with Gasteiger partial charge in [0.1, 0.15) is 0 Å². The second-order valence-electron chi connectivity index (χ2n) is 2.35. The van der Waals surface area contributed by atoms with Crippen LogP contribution in [0.2, 0.25) is 0 Å². The van der Waals surface area contributed by atoms with Crippen LogP contribution < -0.4 is 0 Å². The van der Waals surface area contributed by atoms with E-state index in [0.717, 1.165) is 6.42 Å². The molecule has 0 aliphatic heterocycles. The zero-order valence-corrected chi connectivity index (χ0v) is 6.02. The monoisotopic (exact) mass is 120 g/mol. The Morgan fingerprint density at radius 1 is 1.44 bits per heavy atom. The standard InChI is InChI=1S/C9H12/c1-3-9-6-4-8(2)5-7-9/h3-6H,7H2,1-2H3/b9-3+. The first-order valence-electron chi connectivity index (χ1n) is 3.33.